The number of nitrogens with zero attached hydrogens (tertiary/aromatic N) is 3. The van der Waals surface area contributed by atoms with Crippen LogP contribution in [0.3, 0.4) is 0 Å². The molecule has 7 aromatic carbocycles. The van der Waals surface area contributed by atoms with E-state index in [-0.39, 0.29) is 10.9 Å². The third-order valence-electron chi connectivity index (χ3n) is 10.9. The van der Waals surface area contributed by atoms with Gasteiger partial charge in [0.05, 0.1) is 49.8 Å². The van der Waals surface area contributed by atoms with Crippen molar-refractivity contribution in [3.05, 3.63) is 160 Å². The molecule has 0 aliphatic heterocycles. The Bertz CT molecular complexity index is 3500. The van der Waals surface area contributed by atoms with Gasteiger partial charge >= 0.3 is 0 Å². The fourth-order valence-electron chi connectivity index (χ4n) is 9.00. The Balaban J connectivity index is 1.42. The molecule has 0 radical (unpaired) electrons. The molecular weight excluding hydrogens is 603 g/mol. The molecule has 0 N–H and O–H groups in total. The molecule has 0 saturated carbocycles. The van der Waals surface area contributed by atoms with Gasteiger partial charge in [-0.25, -0.2) is 0 Å². The van der Waals surface area contributed by atoms with Gasteiger partial charge in [0, 0.05) is 53.9 Å². The van der Waals surface area contributed by atoms with Gasteiger partial charge in [0.25, 0.3) is 0 Å². The molecule has 0 spiro atoms. The van der Waals surface area contributed by atoms with E-state index in [0.717, 1.165) is 71.4 Å². The van der Waals surface area contributed by atoms with E-state index in [1.807, 2.05) is 60.7 Å². The van der Waals surface area contributed by atoms with Crippen LogP contribution in [0.15, 0.2) is 149 Å². The summed E-state index contributed by atoms with van der Waals surface area (Å²) in [7, 11) is 0. The Morgan fingerprint density at radius 3 is 1.45 bits per heavy atom. The van der Waals surface area contributed by atoms with E-state index in [2.05, 4.69) is 92.2 Å². The van der Waals surface area contributed by atoms with Crippen molar-refractivity contribution in [1.82, 2.24) is 13.4 Å². The van der Waals surface area contributed by atoms with Gasteiger partial charge in [-0.1, -0.05) is 72.8 Å². The minimum atomic E-state index is 0.0306. The molecule has 0 aliphatic carbocycles. The van der Waals surface area contributed by atoms with E-state index in [9.17, 15) is 9.59 Å². The smallest absolute Gasteiger partial charge is 0.197 e. The van der Waals surface area contributed by atoms with Gasteiger partial charge < -0.3 is 13.4 Å². The molecule has 12 aromatic rings. The molecule has 0 fully saturated rings. The first-order valence-electron chi connectivity index (χ1n) is 16.5. The zero-order valence-electron chi connectivity index (χ0n) is 25.9. The Hall–Kier alpha value is -6.72. The van der Waals surface area contributed by atoms with Crippen LogP contribution in [0.1, 0.15) is 0 Å². The van der Waals surface area contributed by atoms with Gasteiger partial charge in [-0.05, 0) is 66.7 Å². The summed E-state index contributed by atoms with van der Waals surface area (Å²) in [5.41, 5.74) is 9.00. The molecule has 49 heavy (non-hydrogen) atoms. The number of rotatable bonds is 1. The maximum Gasteiger partial charge on any atom is 0.197 e. The standard InChI is InChI=1S/C44H23N3O2/c48-43-26-12-3-7-18-34(26)46-37-22-20-29-39-36(45-32-16-5-1-10-24(32)25-11-2-6-17-33(25)45)23-21-31-42(39)47(35-19-8-4-13-27(35)44(31)49)41(29)38(37)28-14-9-15-30(43)40(28)46/h1-23H. The van der Waals surface area contributed by atoms with E-state index in [1.165, 1.54) is 10.8 Å². The lowest BCUT2D eigenvalue weighted by Gasteiger charge is -2.12. The second-order valence-corrected chi connectivity index (χ2v) is 13.1. The number of benzene rings is 7. The van der Waals surface area contributed by atoms with Gasteiger partial charge in [-0.3, -0.25) is 9.59 Å². The summed E-state index contributed by atoms with van der Waals surface area (Å²) in [4.78, 5) is 28.2. The fraction of sp³-hybridized carbons (Fsp3) is 0. The summed E-state index contributed by atoms with van der Waals surface area (Å²) in [6.07, 6.45) is 0. The fourth-order valence-corrected chi connectivity index (χ4v) is 9.00. The van der Waals surface area contributed by atoms with E-state index in [0.29, 0.717) is 21.5 Å². The van der Waals surface area contributed by atoms with Crippen molar-refractivity contribution < 1.29 is 0 Å². The van der Waals surface area contributed by atoms with Crippen LogP contribution < -0.4 is 10.9 Å². The lowest BCUT2D eigenvalue weighted by Crippen LogP contribution is -2.07. The van der Waals surface area contributed by atoms with Crippen LogP contribution in [0.25, 0.3) is 104 Å². The normalized spacial score (nSPS) is 12.7. The molecular formula is C44H23N3O2. The second kappa shape index (κ2) is 8.59. The SMILES string of the molecule is O=c1c2ccccc2n2c3ccc4c5c(-n6c7ccccc7c7ccccc76)ccc6c(=O)c7ccccc7n(c65)c4c3c3cccc1c32. The van der Waals surface area contributed by atoms with Crippen molar-refractivity contribution in [3.63, 3.8) is 0 Å². The highest BCUT2D eigenvalue weighted by Gasteiger charge is 2.26. The monoisotopic (exact) mass is 625 g/mol. The lowest BCUT2D eigenvalue weighted by molar-refractivity contribution is 1.20. The van der Waals surface area contributed by atoms with Crippen LogP contribution >= 0.6 is 0 Å². The molecule has 5 aromatic heterocycles. The topological polar surface area (TPSA) is 47.9 Å². The zero-order chi connectivity index (χ0) is 32.1. The summed E-state index contributed by atoms with van der Waals surface area (Å²) in [5, 5.41) is 9.35. The number of aromatic nitrogens is 3. The molecule has 0 saturated heterocycles. The van der Waals surface area contributed by atoms with Crippen LogP contribution in [0.5, 0.6) is 0 Å². The minimum absolute atomic E-state index is 0.0306. The maximum absolute atomic E-state index is 14.3. The Morgan fingerprint density at radius 2 is 0.776 bits per heavy atom. The Labute approximate surface area is 276 Å². The van der Waals surface area contributed by atoms with E-state index < -0.39 is 0 Å². The third-order valence-corrected chi connectivity index (χ3v) is 10.9. The van der Waals surface area contributed by atoms with Gasteiger partial charge in [0.1, 0.15) is 0 Å². The summed E-state index contributed by atoms with van der Waals surface area (Å²) in [5.74, 6) is 0. The molecule has 0 atom stereocenters. The number of hydrogen-bond acceptors (Lipinski definition) is 2. The van der Waals surface area contributed by atoms with Crippen molar-refractivity contribution in [3.8, 4) is 5.69 Å². The number of para-hydroxylation sites is 5. The summed E-state index contributed by atoms with van der Waals surface area (Å²) in [6.45, 7) is 0. The first-order chi connectivity index (χ1) is 24.2. The van der Waals surface area contributed by atoms with Gasteiger partial charge in [0.15, 0.2) is 10.9 Å². The predicted molar refractivity (Wildman–Crippen MR) is 203 cm³/mol. The first-order valence-corrected chi connectivity index (χ1v) is 16.5. The molecule has 0 aliphatic rings. The highest BCUT2D eigenvalue weighted by molar-refractivity contribution is 6.31. The van der Waals surface area contributed by atoms with Gasteiger partial charge in [0.2, 0.25) is 0 Å². The largest absolute Gasteiger partial charge is 0.309 e. The van der Waals surface area contributed by atoms with Crippen molar-refractivity contribution in [2.24, 2.45) is 0 Å². The average Bonchev–Trinajstić information content (AvgIpc) is 3.80. The van der Waals surface area contributed by atoms with Gasteiger partial charge in [-0.15, -0.1) is 0 Å². The lowest BCUT2D eigenvalue weighted by atomic mass is 10.0. The van der Waals surface area contributed by atoms with Crippen LogP contribution in [-0.2, 0) is 0 Å². The van der Waals surface area contributed by atoms with Crippen molar-refractivity contribution in [2.45, 2.75) is 0 Å². The van der Waals surface area contributed by atoms with Crippen LogP contribution in [-0.4, -0.2) is 13.4 Å². The summed E-state index contributed by atoms with van der Waals surface area (Å²) >= 11 is 0. The Morgan fingerprint density at radius 1 is 0.306 bits per heavy atom. The van der Waals surface area contributed by atoms with Crippen LogP contribution in [0.4, 0.5) is 0 Å². The molecule has 12 rings (SSSR count). The van der Waals surface area contributed by atoms with Crippen molar-refractivity contribution in [1.29, 1.82) is 0 Å². The molecule has 0 unspecified atom stereocenters. The molecule has 5 heteroatoms. The van der Waals surface area contributed by atoms with Crippen LogP contribution in [0, 0.1) is 0 Å². The van der Waals surface area contributed by atoms with Crippen LogP contribution in [0.2, 0.25) is 0 Å². The summed E-state index contributed by atoms with van der Waals surface area (Å²) in [6, 6.07) is 47.5. The van der Waals surface area contributed by atoms with E-state index in [1.54, 1.807) is 0 Å². The third kappa shape index (κ3) is 2.86. The number of fused-ring (bicyclic) bond motifs is 14. The predicted octanol–water partition coefficient (Wildman–Crippen LogP) is 9.80. The summed E-state index contributed by atoms with van der Waals surface area (Å²) < 4.78 is 6.93. The minimum Gasteiger partial charge on any atom is -0.309 e. The molecule has 226 valence electrons. The number of pyridine rings is 2. The molecule has 5 heterocycles. The molecule has 0 bridgehead atoms. The highest BCUT2D eigenvalue weighted by atomic mass is 16.1. The highest BCUT2D eigenvalue weighted by Crippen LogP contribution is 2.45. The molecule has 0 amide bonds. The quantitative estimate of drug-likeness (QED) is 0.171. The average molecular weight is 626 g/mol. The second-order valence-electron chi connectivity index (χ2n) is 13.1. The number of hydrogen-bond donors (Lipinski definition) is 0. The molecule has 5 nitrogen and oxygen atoms in total. The van der Waals surface area contributed by atoms with Crippen molar-refractivity contribution >= 4 is 98.0 Å². The van der Waals surface area contributed by atoms with Crippen molar-refractivity contribution in [2.75, 3.05) is 0 Å². The first kappa shape index (κ1) is 25.4. The maximum atomic E-state index is 14.3. The Kier molecular flexibility index (Phi) is 4.45. The van der Waals surface area contributed by atoms with E-state index >= 15 is 0 Å². The van der Waals surface area contributed by atoms with Gasteiger partial charge in [-0.2, -0.15) is 0 Å². The van der Waals surface area contributed by atoms with E-state index in [4.69, 9.17) is 0 Å². The zero-order valence-corrected chi connectivity index (χ0v) is 25.9.